The maximum Gasteiger partial charge on any atom is 0.307 e. The summed E-state index contributed by atoms with van der Waals surface area (Å²) in [5.41, 5.74) is 0. The van der Waals surface area contributed by atoms with Gasteiger partial charge in [0.1, 0.15) is 6.61 Å². The number of alkyl halides is 1. The first kappa shape index (κ1) is 5.14. The monoisotopic (exact) mass is 126 g/mol. The summed E-state index contributed by atoms with van der Waals surface area (Å²) in [6, 6.07) is 0. The number of halogens is 1. The van der Waals surface area contributed by atoms with Gasteiger partial charge in [-0.25, -0.2) is 8.57 Å². The minimum Gasteiger partial charge on any atom is -0.263 e. The molecule has 0 amide bonds. The van der Waals surface area contributed by atoms with Crippen LogP contribution < -0.4 is 0 Å². The van der Waals surface area contributed by atoms with Gasteiger partial charge in [0.05, 0.1) is 0 Å². The van der Waals surface area contributed by atoms with Gasteiger partial charge in [-0.1, -0.05) is 0 Å². The van der Waals surface area contributed by atoms with Crippen molar-refractivity contribution in [2.24, 2.45) is 0 Å². The summed E-state index contributed by atoms with van der Waals surface area (Å²) in [7, 11) is 0. The molecule has 2 atom stereocenters. The van der Waals surface area contributed by atoms with Crippen LogP contribution in [-0.4, -0.2) is 17.2 Å². The second-order valence-electron chi connectivity index (χ2n) is 0.995. The van der Waals surface area contributed by atoms with Crippen LogP contribution in [0.5, 0.6) is 0 Å². The van der Waals surface area contributed by atoms with Crippen molar-refractivity contribution in [1.82, 2.24) is 0 Å². The van der Waals surface area contributed by atoms with Crippen LogP contribution in [0.3, 0.4) is 0 Å². The third-order valence-corrected chi connectivity index (χ3v) is 1.17. The second-order valence-corrected chi connectivity index (χ2v) is 1.83. The van der Waals surface area contributed by atoms with E-state index in [1.54, 1.807) is 0 Å². The highest BCUT2D eigenvalue weighted by Crippen LogP contribution is 2.07. The van der Waals surface area contributed by atoms with Gasteiger partial charge in [-0.3, -0.25) is 4.18 Å². The van der Waals surface area contributed by atoms with Crippen molar-refractivity contribution >= 4 is 11.4 Å². The third kappa shape index (κ3) is 1.19. The fraction of sp³-hybridized carbons (Fsp3) is 1.00. The fourth-order valence-corrected chi connectivity index (χ4v) is 0.750. The van der Waals surface area contributed by atoms with Crippen molar-refractivity contribution < 1.29 is 17.0 Å². The molecule has 0 N–H and O–H groups in total. The van der Waals surface area contributed by atoms with Crippen molar-refractivity contribution in [1.29, 1.82) is 0 Å². The van der Waals surface area contributed by atoms with E-state index in [4.69, 9.17) is 0 Å². The predicted octanol–water partition coefficient (Wildman–Crippen LogP) is -0.0925. The van der Waals surface area contributed by atoms with Crippen LogP contribution >= 0.6 is 0 Å². The quantitative estimate of drug-likeness (QED) is 0.455. The summed E-state index contributed by atoms with van der Waals surface area (Å²) in [5.74, 6) is 0. The van der Waals surface area contributed by atoms with Gasteiger partial charge in [0, 0.05) is 0 Å². The lowest BCUT2D eigenvalue weighted by Gasteiger charge is -1.83. The molecule has 1 saturated heterocycles. The Morgan fingerprint density at radius 3 is 2.71 bits per heavy atom. The van der Waals surface area contributed by atoms with E-state index in [1.807, 2.05) is 0 Å². The van der Waals surface area contributed by atoms with Gasteiger partial charge in [0.15, 0.2) is 0 Å². The zero-order valence-electron chi connectivity index (χ0n) is 3.30. The average Bonchev–Trinajstić information content (AvgIpc) is 1.87. The molecule has 0 aromatic rings. The van der Waals surface area contributed by atoms with Gasteiger partial charge in [0.2, 0.25) is 6.36 Å². The van der Waals surface area contributed by atoms with Crippen LogP contribution in [0.4, 0.5) is 4.39 Å². The normalized spacial score (nSPS) is 41.9. The topological polar surface area (TPSA) is 35.5 Å². The van der Waals surface area contributed by atoms with Crippen LogP contribution in [-0.2, 0) is 19.7 Å². The van der Waals surface area contributed by atoms with Crippen LogP contribution in [0.15, 0.2) is 0 Å². The van der Waals surface area contributed by atoms with Gasteiger partial charge in [0.25, 0.3) is 0 Å². The Hall–Kier alpha value is -0.0000000000000000486. The van der Waals surface area contributed by atoms with Gasteiger partial charge < -0.3 is 0 Å². The van der Waals surface area contributed by atoms with Gasteiger partial charge >= 0.3 is 11.4 Å². The van der Waals surface area contributed by atoms with Crippen LogP contribution in [0.1, 0.15) is 0 Å². The van der Waals surface area contributed by atoms with Crippen molar-refractivity contribution in [2.45, 2.75) is 6.36 Å². The number of rotatable bonds is 0. The van der Waals surface area contributed by atoms with E-state index in [9.17, 15) is 8.60 Å². The molecule has 0 radical (unpaired) electrons. The minimum absolute atomic E-state index is 0.216. The molecule has 1 aliphatic heterocycles. The number of hydrogen-bond acceptors (Lipinski definition) is 3. The van der Waals surface area contributed by atoms with Crippen molar-refractivity contribution in [2.75, 3.05) is 6.61 Å². The van der Waals surface area contributed by atoms with Crippen LogP contribution in [0, 0.1) is 0 Å². The largest absolute Gasteiger partial charge is 0.307 e. The van der Waals surface area contributed by atoms with E-state index in [0.29, 0.717) is 0 Å². The van der Waals surface area contributed by atoms with E-state index in [0.717, 1.165) is 0 Å². The molecule has 0 aromatic carbocycles. The molecule has 5 heteroatoms. The summed E-state index contributed by atoms with van der Waals surface area (Å²) in [5, 5.41) is 0. The highest BCUT2D eigenvalue weighted by molar-refractivity contribution is 7.75. The maximum absolute atomic E-state index is 11.6. The first-order chi connectivity index (χ1) is 3.29. The summed E-state index contributed by atoms with van der Waals surface area (Å²) in [6.07, 6.45) is -1.50. The van der Waals surface area contributed by atoms with Gasteiger partial charge in [-0.2, -0.15) is 4.21 Å². The average molecular weight is 126 g/mol. The van der Waals surface area contributed by atoms with Crippen molar-refractivity contribution in [3.8, 4) is 0 Å². The van der Waals surface area contributed by atoms with Gasteiger partial charge in [-0.05, 0) is 0 Å². The van der Waals surface area contributed by atoms with E-state index in [1.165, 1.54) is 0 Å². The summed E-state index contributed by atoms with van der Waals surface area (Å²) in [4.78, 5) is 0. The molecule has 42 valence electrons. The summed E-state index contributed by atoms with van der Waals surface area (Å²) >= 11 is -1.83. The highest BCUT2D eigenvalue weighted by atomic mass is 32.2. The summed E-state index contributed by atoms with van der Waals surface area (Å²) < 4.78 is 29.6. The Bertz CT molecular complexity index is 94.9. The van der Waals surface area contributed by atoms with Crippen molar-refractivity contribution in [3.05, 3.63) is 0 Å². The molecule has 0 aromatic heterocycles. The minimum atomic E-state index is -1.83. The lowest BCUT2D eigenvalue weighted by atomic mass is 10.8. The Labute approximate surface area is 42.3 Å². The molecular formula is C2H3FO3S. The van der Waals surface area contributed by atoms with Gasteiger partial charge in [-0.15, -0.1) is 0 Å². The summed E-state index contributed by atoms with van der Waals surface area (Å²) in [6.45, 7) is -0.216. The van der Waals surface area contributed by atoms with E-state index >= 15 is 0 Å². The molecular weight excluding hydrogens is 123 g/mol. The fourth-order valence-electron chi connectivity index (χ4n) is 0.250. The zero-order chi connectivity index (χ0) is 5.28. The molecule has 1 heterocycles. The Morgan fingerprint density at radius 2 is 2.57 bits per heavy atom. The number of hydrogen-bond donors (Lipinski definition) is 0. The second kappa shape index (κ2) is 1.85. The predicted molar refractivity (Wildman–Crippen MR) is 20.1 cm³/mol. The molecule has 0 aliphatic carbocycles. The standard InChI is InChI=1S/C2H3FO3S/c3-2-1-5-7(4)6-2/h2H,1H2. The molecule has 0 bridgehead atoms. The molecule has 0 saturated carbocycles. The first-order valence-electron chi connectivity index (χ1n) is 1.65. The molecule has 0 spiro atoms. The molecule has 1 rings (SSSR count). The third-order valence-electron chi connectivity index (χ3n) is 0.478. The van der Waals surface area contributed by atoms with E-state index in [-0.39, 0.29) is 6.61 Å². The SMILES string of the molecule is O=S1OCC(F)O1. The Balaban J connectivity index is 2.40. The molecule has 3 nitrogen and oxygen atoms in total. The van der Waals surface area contributed by atoms with Crippen LogP contribution in [0.2, 0.25) is 0 Å². The van der Waals surface area contributed by atoms with Crippen molar-refractivity contribution in [3.63, 3.8) is 0 Å². The zero-order valence-corrected chi connectivity index (χ0v) is 4.11. The lowest BCUT2D eigenvalue weighted by molar-refractivity contribution is 0.0937. The first-order valence-corrected chi connectivity index (χ1v) is 2.65. The lowest BCUT2D eigenvalue weighted by Crippen LogP contribution is -1.97. The molecule has 1 fully saturated rings. The smallest absolute Gasteiger partial charge is 0.263 e. The van der Waals surface area contributed by atoms with E-state index < -0.39 is 17.7 Å². The maximum atomic E-state index is 11.6. The highest BCUT2D eigenvalue weighted by Gasteiger charge is 2.21. The molecule has 2 unspecified atom stereocenters. The van der Waals surface area contributed by atoms with E-state index in [2.05, 4.69) is 8.37 Å². The molecule has 1 aliphatic rings. The Morgan fingerprint density at radius 1 is 1.86 bits per heavy atom. The Kier molecular flexibility index (Phi) is 1.36. The van der Waals surface area contributed by atoms with Crippen LogP contribution in [0.25, 0.3) is 0 Å². The molecule has 7 heavy (non-hydrogen) atoms.